The number of nitrogens with zero attached hydrogens (tertiary/aromatic N) is 4. The zero-order valence-electron chi connectivity index (χ0n) is 23.2. The number of anilines is 3. The Balaban J connectivity index is 1.20. The van der Waals surface area contributed by atoms with Gasteiger partial charge in [-0.1, -0.05) is 6.92 Å². The van der Waals surface area contributed by atoms with Crippen LogP contribution in [0, 0.1) is 17.3 Å². The summed E-state index contributed by atoms with van der Waals surface area (Å²) in [7, 11) is 0. The summed E-state index contributed by atoms with van der Waals surface area (Å²) in [5.74, 6) is 0.0233. The molecule has 11 heteroatoms. The van der Waals surface area contributed by atoms with Crippen molar-refractivity contribution in [3.05, 3.63) is 29.8 Å². The van der Waals surface area contributed by atoms with Gasteiger partial charge in [0.25, 0.3) is 11.9 Å². The molecular formula is C29H38F3N5O3. The second kappa shape index (κ2) is 11.4. The van der Waals surface area contributed by atoms with E-state index in [1.54, 1.807) is 24.0 Å². The molecule has 8 nitrogen and oxygen atoms in total. The normalized spacial score (nSPS) is 22.0. The van der Waals surface area contributed by atoms with Crippen molar-refractivity contribution in [3.8, 4) is 0 Å². The summed E-state index contributed by atoms with van der Waals surface area (Å²) < 4.78 is 46.5. The zero-order chi connectivity index (χ0) is 28.5. The average Bonchev–Trinajstić information content (AvgIpc) is 3.38. The van der Waals surface area contributed by atoms with Gasteiger partial charge >= 0.3 is 6.18 Å². The Morgan fingerprint density at radius 1 is 1.07 bits per heavy atom. The molecule has 2 saturated heterocycles. The molecule has 1 spiro atoms. The first-order chi connectivity index (χ1) is 19.0. The van der Waals surface area contributed by atoms with Crippen LogP contribution in [0.25, 0.3) is 0 Å². The van der Waals surface area contributed by atoms with Crippen molar-refractivity contribution in [2.24, 2.45) is 17.3 Å². The fourth-order valence-corrected chi connectivity index (χ4v) is 6.60. The largest absolute Gasteiger partial charge is 0.437 e. The number of aromatic nitrogens is 2. The summed E-state index contributed by atoms with van der Waals surface area (Å²) in [5, 5.41) is 2.49. The van der Waals surface area contributed by atoms with E-state index in [1.807, 2.05) is 6.92 Å². The Morgan fingerprint density at radius 3 is 2.40 bits per heavy atom. The van der Waals surface area contributed by atoms with E-state index in [4.69, 9.17) is 4.42 Å². The molecule has 2 aliphatic heterocycles. The van der Waals surface area contributed by atoms with Gasteiger partial charge in [-0.15, -0.1) is 0 Å². The number of pyridine rings is 1. The molecule has 5 rings (SSSR count). The van der Waals surface area contributed by atoms with Gasteiger partial charge in [0.15, 0.2) is 5.69 Å². The molecule has 0 bridgehead atoms. The first-order valence-electron chi connectivity index (χ1n) is 14.4. The molecule has 3 aliphatic rings. The molecule has 40 heavy (non-hydrogen) atoms. The third kappa shape index (κ3) is 6.44. The minimum Gasteiger partial charge on any atom is -0.417 e. The topological polar surface area (TPSA) is 91.6 Å². The van der Waals surface area contributed by atoms with Crippen molar-refractivity contribution < 1.29 is 27.2 Å². The number of carbonyl (C=O) groups excluding carboxylic acids is 2. The fraction of sp³-hybridized carbons (Fsp3) is 0.655. The van der Waals surface area contributed by atoms with E-state index in [-0.39, 0.29) is 17.5 Å². The lowest BCUT2D eigenvalue weighted by Crippen LogP contribution is -2.42. The van der Waals surface area contributed by atoms with Crippen molar-refractivity contribution in [1.29, 1.82) is 0 Å². The average molecular weight is 562 g/mol. The van der Waals surface area contributed by atoms with Crippen LogP contribution < -0.4 is 15.1 Å². The highest BCUT2D eigenvalue weighted by atomic mass is 19.4. The monoisotopic (exact) mass is 561 g/mol. The predicted molar refractivity (Wildman–Crippen MR) is 145 cm³/mol. The van der Waals surface area contributed by atoms with Crippen LogP contribution in [0.4, 0.5) is 30.7 Å². The fourth-order valence-electron chi connectivity index (χ4n) is 6.60. The van der Waals surface area contributed by atoms with Crippen LogP contribution in [-0.4, -0.2) is 47.8 Å². The van der Waals surface area contributed by atoms with Crippen molar-refractivity contribution >= 4 is 29.2 Å². The van der Waals surface area contributed by atoms with Crippen LogP contribution in [0.5, 0.6) is 0 Å². The van der Waals surface area contributed by atoms with E-state index in [2.05, 4.69) is 20.2 Å². The zero-order valence-corrected chi connectivity index (χ0v) is 23.2. The smallest absolute Gasteiger partial charge is 0.417 e. The maximum Gasteiger partial charge on any atom is 0.437 e. The minimum absolute atomic E-state index is 0.173. The number of ketones is 1. The number of amides is 1. The lowest BCUT2D eigenvalue weighted by atomic mass is 9.65. The van der Waals surface area contributed by atoms with Crippen LogP contribution in [0.15, 0.2) is 22.7 Å². The van der Waals surface area contributed by atoms with Gasteiger partial charge in [0.2, 0.25) is 5.76 Å². The van der Waals surface area contributed by atoms with E-state index in [0.717, 1.165) is 70.3 Å². The Hall–Kier alpha value is -3.11. The number of nitrogens with one attached hydrogen (secondary N) is 1. The number of piperidine rings is 2. The first kappa shape index (κ1) is 28.4. The highest BCUT2D eigenvalue weighted by Gasteiger charge is 2.42. The second-order valence-electron chi connectivity index (χ2n) is 12.1. The molecule has 1 N–H and O–H groups in total. The summed E-state index contributed by atoms with van der Waals surface area (Å²) in [6.07, 6.45) is 5.85. The molecule has 218 valence electrons. The van der Waals surface area contributed by atoms with Gasteiger partial charge in [-0.2, -0.15) is 18.2 Å². The van der Waals surface area contributed by atoms with Crippen LogP contribution in [0.1, 0.15) is 87.9 Å². The number of alkyl halides is 3. The minimum atomic E-state index is -4.82. The van der Waals surface area contributed by atoms with Crippen molar-refractivity contribution in [3.63, 3.8) is 0 Å². The third-order valence-corrected chi connectivity index (χ3v) is 8.91. The highest BCUT2D eigenvalue weighted by molar-refractivity contribution is 6.03. The first-order valence-corrected chi connectivity index (χ1v) is 14.4. The number of rotatable bonds is 6. The molecule has 1 saturated carbocycles. The Bertz CT molecular complexity index is 1190. The van der Waals surface area contributed by atoms with E-state index in [9.17, 15) is 22.8 Å². The number of halogens is 3. The molecule has 1 atom stereocenters. The molecule has 4 heterocycles. The molecule has 0 aromatic carbocycles. The Labute approximate surface area is 232 Å². The molecule has 1 unspecified atom stereocenters. The molecule has 1 aliphatic carbocycles. The van der Waals surface area contributed by atoms with Gasteiger partial charge in [-0.05, 0) is 87.7 Å². The van der Waals surface area contributed by atoms with E-state index in [0.29, 0.717) is 36.8 Å². The van der Waals surface area contributed by atoms with Gasteiger partial charge in [0.05, 0.1) is 11.9 Å². The van der Waals surface area contributed by atoms with Crippen LogP contribution >= 0.6 is 0 Å². The number of oxazole rings is 1. The van der Waals surface area contributed by atoms with Crippen molar-refractivity contribution in [2.45, 2.75) is 77.8 Å². The molecule has 2 aromatic heterocycles. The molecule has 2 aromatic rings. The highest BCUT2D eigenvalue weighted by Crippen LogP contribution is 2.47. The lowest BCUT2D eigenvalue weighted by molar-refractivity contribution is -0.141. The Morgan fingerprint density at radius 2 is 1.80 bits per heavy atom. The summed E-state index contributed by atoms with van der Waals surface area (Å²) in [5.41, 5.74) is -0.695. The summed E-state index contributed by atoms with van der Waals surface area (Å²) in [6.45, 7) is 6.51. The quantitative estimate of drug-likeness (QED) is 0.441. The van der Waals surface area contributed by atoms with Gasteiger partial charge in [-0.25, -0.2) is 4.98 Å². The van der Waals surface area contributed by atoms with E-state index >= 15 is 0 Å². The predicted octanol–water partition coefficient (Wildman–Crippen LogP) is 6.33. The van der Waals surface area contributed by atoms with E-state index < -0.39 is 23.5 Å². The molecule has 3 fully saturated rings. The molecule has 0 radical (unpaired) electrons. The number of hydrogen-bond acceptors (Lipinski definition) is 7. The number of carbonyl (C=O) groups is 2. The maximum atomic E-state index is 13.7. The SMILES string of the molecule is CC(=O)CC1CCC2(CC1)CCN(c1ccc(NC(=O)c3oc(N4CCCC(C)C4)nc3C(F)(F)F)cn1)CC2. The maximum absolute atomic E-state index is 13.7. The van der Waals surface area contributed by atoms with E-state index in [1.165, 1.54) is 6.20 Å². The van der Waals surface area contributed by atoms with Crippen LogP contribution in [0.2, 0.25) is 0 Å². The van der Waals surface area contributed by atoms with Crippen LogP contribution in [-0.2, 0) is 11.0 Å². The summed E-state index contributed by atoms with van der Waals surface area (Å²) >= 11 is 0. The van der Waals surface area contributed by atoms with Crippen LogP contribution in [0.3, 0.4) is 0 Å². The summed E-state index contributed by atoms with van der Waals surface area (Å²) in [6, 6.07) is 3.25. The van der Waals surface area contributed by atoms with Gasteiger partial charge in [0.1, 0.15) is 11.6 Å². The molecule has 1 amide bonds. The van der Waals surface area contributed by atoms with Gasteiger partial charge in [0, 0.05) is 32.6 Å². The second-order valence-corrected chi connectivity index (χ2v) is 12.1. The van der Waals surface area contributed by atoms with Gasteiger partial charge < -0.3 is 24.3 Å². The number of Topliss-reactive ketones (excluding diaryl/α,β-unsaturated/α-hetero) is 1. The van der Waals surface area contributed by atoms with Crippen molar-refractivity contribution in [2.75, 3.05) is 41.3 Å². The third-order valence-electron chi connectivity index (χ3n) is 8.91. The van der Waals surface area contributed by atoms with Crippen molar-refractivity contribution in [1.82, 2.24) is 9.97 Å². The Kier molecular flexibility index (Phi) is 8.10. The lowest BCUT2D eigenvalue weighted by Gasteiger charge is -2.46. The number of hydrogen-bond donors (Lipinski definition) is 1. The van der Waals surface area contributed by atoms with Gasteiger partial charge in [-0.3, -0.25) is 4.79 Å². The summed E-state index contributed by atoms with van der Waals surface area (Å²) in [4.78, 5) is 36.4. The molecular weight excluding hydrogens is 523 g/mol. The standard InChI is InChI=1S/C29H38F3N5O3/c1-19-4-3-13-37(18-19)27-35-25(29(30,31)32)24(40-27)26(39)34-22-5-6-23(33-17-22)36-14-11-28(12-15-36)9-7-21(8-10-28)16-20(2)38/h5-6,17,19,21H,3-4,7-16,18H2,1-2H3,(H,34,39).